The quantitative estimate of drug-likeness (QED) is 0.628. The molecule has 1 aromatic heterocycles. The van der Waals surface area contributed by atoms with Crippen LogP contribution in [0.5, 0.6) is 0 Å². The molecule has 98 valence electrons. The van der Waals surface area contributed by atoms with Gasteiger partial charge in [-0.05, 0) is 32.8 Å². The van der Waals surface area contributed by atoms with Gasteiger partial charge in [0, 0.05) is 18.3 Å². The van der Waals surface area contributed by atoms with E-state index in [-0.39, 0.29) is 5.84 Å². The van der Waals surface area contributed by atoms with Crippen molar-refractivity contribution in [3.63, 3.8) is 0 Å². The number of aryl methyl sites for hydroxylation is 1. The van der Waals surface area contributed by atoms with Crippen LogP contribution in [0.1, 0.15) is 44.0 Å². The van der Waals surface area contributed by atoms with Crippen molar-refractivity contribution in [3.8, 4) is 0 Å². The second kappa shape index (κ2) is 5.33. The number of hydrogen-bond donors (Lipinski definition) is 2. The Kier molecular flexibility index (Phi) is 3.79. The first-order valence-electron chi connectivity index (χ1n) is 6.58. The Balaban J connectivity index is 2.32. The topological polar surface area (TPSA) is 78.9 Å². The standard InChI is InChI=1S/C13H21N5/c1-3-18(10-6-4-5-7-10)13-16-9(2)8-11(17-13)12(14)15/h8,10H,3-7H2,1-2H3,(H3,14,15). The van der Waals surface area contributed by atoms with Gasteiger partial charge in [0.25, 0.3) is 0 Å². The molecule has 3 N–H and O–H groups in total. The predicted octanol–water partition coefficient (Wildman–Crippen LogP) is 1.84. The van der Waals surface area contributed by atoms with Gasteiger partial charge >= 0.3 is 0 Å². The van der Waals surface area contributed by atoms with Crippen LogP contribution in [0.2, 0.25) is 0 Å². The summed E-state index contributed by atoms with van der Waals surface area (Å²) in [6.45, 7) is 4.93. The maximum atomic E-state index is 7.51. The van der Waals surface area contributed by atoms with E-state index in [1.54, 1.807) is 6.07 Å². The van der Waals surface area contributed by atoms with E-state index >= 15 is 0 Å². The number of nitrogens with zero attached hydrogens (tertiary/aromatic N) is 3. The Hall–Kier alpha value is -1.65. The molecule has 1 aliphatic carbocycles. The van der Waals surface area contributed by atoms with Crippen molar-refractivity contribution in [2.75, 3.05) is 11.4 Å². The minimum Gasteiger partial charge on any atom is -0.382 e. The van der Waals surface area contributed by atoms with E-state index < -0.39 is 0 Å². The fraction of sp³-hybridized carbons (Fsp3) is 0.615. The maximum absolute atomic E-state index is 7.51. The lowest BCUT2D eigenvalue weighted by atomic mass is 10.2. The molecule has 0 spiro atoms. The maximum Gasteiger partial charge on any atom is 0.226 e. The summed E-state index contributed by atoms with van der Waals surface area (Å²) in [6, 6.07) is 2.30. The van der Waals surface area contributed by atoms with E-state index in [2.05, 4.69) is 21.8 Å². The summed E-state index contributed by atoms with van der Waals surface area (Å²) in [5.41, 5.74) is 6.91. The Bertz CT molecular complexity index is 437. The first kappa shape index (κ1) is 12.8. The molecule has 1 fully saturated rings. The van der Waals surface area contributed by atoms with Crippen LogP contribution >= 0.6 is 0 Å². The van der Waals surface area contributed by atoms with E-state index in [9.17, 15) is 0 Å². The molecule has 18 heavy (non-hydrogen) atoms. The van der Waals surface area contributed by atoms with Crippen molar-refractivity contribution in [1.29, 1.82) is 5.41 Å². The summed E-state index contributed by atoms with van der Waals surface area (Å²) in [5, 5.41) is 7.51. The summed E-state index contributed by atoms with van der Waals surface area (Å²) >= 11 is 0. The molecule has 0 aliphatic heterocycles. The highest BCUT2D eigenvalue weighted by molar-refractivity contribution is 5.93. The lowest BCUT2D eigenvalue weighted by Crippen LogP contribution is -2.35. The number of hydrogen-bond acceptors (Lipinski definition) is 4. The Morgan fingerprint density at radius 2 is 2.11 bits per heavy atom. The highest BCUT2D eigenvalue weighted by Crippen LogP contribution is 2.26. The average Bonchev–Trinajstić information content (AvgIpc) is 2.83. The lowest BCUT2D eigenvalue weighted by Gasteiger charge is -2.28. The minimum atomic E-state index is 0.00391. The third-order valence-electron chi connectivity index (χ3n) is 3.48. The number of rotatable bonds is 4. The van der Waals surface area contributed by atoms with Crippen molar-refractivity contribution < 1.29 is 0 Å². The number of aromatic nitrogens is 2. The van der Waals surface area contributed by atoms with Crippen LogP contribution in [-0.2, 0) is 0 Å². The predicted molar refractivity (Wildman–Crippen MR) is 73.1 cm³/mol. The molecule has 1 heterocycles. The second-order valence-corrected chi connectivity index (χ2v) is 4.83. The molecule has 0 aromatic carbocycles. The van der Waals surface area contributed by atoms with Crippen molar-refractivity contribution in [2.45, 2.75) is 45.6 Å². The van der Waals surface area contributed by atoms with Crippen LogP contribution in [0.4, 0.5) is 5.95 Å². The SMILES string of the molecule is CCN(c1nc(C)cc(C(=N)N)n1)C1CCCC1. The van der Waals surface area contributed by atoms with Gasteiger partial charge in [0.2, 0.25) is 5.95 Å². The molecule has 0 atom stereocenters. The molecular formula is C13H21N5. The summed E-state index contributed by atoms with van der Waals surface area (Å²) in [5.74, 6) is 0.721. The zero-order chi connectivity index (χ0) is 13.1. The molecule has 0 unspecified atom stereocenters. The molecule has 5 nitrogen and oxygen atoms in total. The number of amidine groups is 1. The molecular weight excluding hydrogens is 226 g/mol. The van der Waals surface area contributed by atoms with Crippen molar-refractivity contribution >= 4 is 11.8 Å². The van der Waals surface area contributed by atoms with E-state index in [4.69, 9.17) is 11.1 Å². The third kappa shape index (κ3) is 2.60. The first-order valence-corrected chi connectivity index (χ1v) is 6.58. The van der Waals surface area contributed by atoms with Crippen molar-refractivity contribution in [2.24, 2.45) is 5.73 Å². The van der Waals surface area contributed by atoms with E-state index in [1.165, 1.54) is 25.7 Å². The zero-order valence-electron chi connectivity index (χ0n) is 11.1. The summed E-state index contributed by atoms with van der Waals surface area (Å²) in [7, 11) is 0. The number of anilines is 1. The van der Waals surface area contributed by atoms with Crippen molar-refractivity contribution in [1.82, 2.24) is 9.97 Å². The van der Waals surface area contributed by atoms with Crippen LogP contribution in [0.25, 0.3) is 0 Å². The van der Waals surface area contributed by atoms with Gasteiger partial charge in [-0.15, -0.1) is 0 Å². The zero-order valence-corrected chi connectivity index (χ0v) is 11.1. The van der Waals surface area contributed by atoms with Gasteiger partial charge in [0.1, 0.15) is 11.5 Å². The Morgan fingerprint density at radius 1 is 1.44 bits per heavy atom. The second-order valence-electron chi connectivity index (χ2n) is 4.83. The van der Waals surface area contributed by atoms with Crippen molar-refractivity contribution in [3.05, 3.63) is 17.5 Å². The Labute approximate surface area is 108 Å². The van der Waals surface area contributed by atoms with Gasteiger partial charge in [-0.25, -0.2) is 9.97 Å². The van der Waals surface area contributed by atoms with Gasteiger partial charge in [0.15, 0.2) is 0 Å². The monoisotopic (exact) mass is 247 g/mol. The number of nitrogens with one attached hydrogen (secondary N) is 1. The van der Waals surface area contributed by atoms with Crippen LogP contribution in [0.15, 0.2) is 6.07 Å². The summed E-state index contributed by atoms with van der Waals surface area (Å²) < 4.78 is 0. The van der Waals surface area contributed by atoms with Gasteiger partial charge in [-0.3, -0.25) is 5.41 Å². The van der Waals surface area contributed by atoms with Gasteiger partial charge in [-0.2, -0.15) is 0 Å². The van der Waals surface area contributed by atoms with Gasteiger partial charge in [-0.1, -0.05) is 12.8 Å². The van der Waals surface area contributed by atoms with E-state index in [0.717, 1.165) is 18.2 Å². The molecule has 1 aromatic rings. The number of nitrogen functional groups attached to an aromatic ring is 1. The van der Waals surface area contributed by atoms with Crippen LogP contribution < -0.4 is 10.6 Å². The normalized spacial score (nSPS) is 15.9. The first-order chi connectivity index (χ1) is 8.61. The molecule has 0 amide bonds. The lowest BCUT2D eigenvalue weighted by molar-refractivity contribution is 0.604. The smallest absolute Gasteiger partial charge is 0.226 e. The fourth-order valence-electron chi connectivity index (χ4n) is 2.60. The average molecular weight is 247 g/mol. The molecule has 0 bridgehead atoms. The molecule has 0 radical (unpaired) electrons. The molecule has 5 heteroatoms. The minimum absolute atomic E-state index is 0.00391. The van der Waals surface area contributed by atoms with E-state index in [1.807, 2.05) is 6.92 Å². The fourth-order valence-corrected chi connectivity index (χ4v) is 2.60. The summed E-state index contributed by atoms with van der Waals surface area (Å²) in [4.78, 5) is 11.2. The molecule has 1 saturated carbocycles. The highest BCUT2D eigenvalue weighted by Gasteiger charge is 2.24. The van der Waals surface area contributed by atoms with E-state index in [0.29, 0.717) is 11.7 Å². The van der Waals surface area contributed by atoms with Gasteiger partial charge < -0.3 is 10.6 Å². The van der Waals surface area contributed by atoms with Crippen LogP contribution in [0.3, 0.4) is 0 Å². The largest absolute Gasteiger partial charge is 0.382 e. The molecule has 0 saturated heterocycles. The summed E-state index contributed by atoms with van der Waals surface area (Å²) in [6.07, 6.45) is 4.99. The molecule has 2 rings (SSSR count). The number of nitrogens with two attached hydrogens (primary N) is 1. The van der Waals surface area contributed by atoms with Crippen LogP contribution in [-0.4, -0.2) is 28.4 Å². The van der Waals surface area contributed by atoms with Crippen LogP contribution in [0, 0.1) is 12.3 Å². The Morgan fingerprint density at radius 3 is 2.67 bits per heavy atom. The molecule has 1 aliphatic rings. The third-order valence-corrected chi connectivity index (χ3v) is 3.48. The van der Waals surface area contributed by atoms with Gasteiger partial charge in [0.05, 0.1) is 0 Å². The highest BCUT2D eigenvalue weighted by atomic mass is 15.3.